The van der Waals surface area contributed by atoms with Gasteiger partial charge in [0.2, 0.25) is 0 Å². The summed E-state index contributed by atoms with van der Waals surface area (Å²) in [4.78, 5) is 7.92. The van der Waals surface area contributed by atoms with Gasteiger partial charge in [-0.05, 0) is 37.2 Å². The standard InChI is InChI=1S/C13H16N4O2S/c1-10-5-12(9-15-6-10)17-20(18,19)13-4-3-11(7-14-2)8-16-13/h3-6,8-9,14,17H,7H2,1-2H3. The van der Waals surface area contributed by atoms with Gasteiger partial charge in [-0.15, -0.1) is 0 Å². The van der Waals surface area contributed by atoms with Gasteiger partial charge in [-0.1, -0.05) is 6.07 Å². The van der Waals surface area contributed by atoms with E-state index in [9.17, 15) is 8.42 Å². The van der Waals surface area contributed by atoms with Crippen molar-refractivity contribution in [3.05, 3.63) is 47.9 Å². The molecule has 0 radical (unpaired) electrons. The normalized spacial score (nSPS) is 11.3. The average molecular weight is 292 g/mol. The lowest BCUT2D eigenvalue weighted by Gasteiger charge is -2.08. The lowest BCUT2D eigenvalue weighted by molar-refractivity contribution is 0.597. The molecule has 0 amide bonds. The van der Waals surface area contributed by atoms with E-state index in [-0.39, 0.29) is 5.03 Å². The first kappa shape index (κ1) is 14.4. The molecule has 0 atom stereocenters. The zero-order chi connectivity index (χ0) is 14.6. The summed E-state index contributed by atoms with van der Waals surface area (Å²) >= 11 is 0. The van der Waals surface area contributed by atoms with Crippen LogP contribution in [0, 0.1) is 6.92 Å². The van der Waals surface area contributed by atoms with Crippen LogP contribution in [0.2, 0.25) is 0 Å². The van der Waals surface area contributed by atoms with Gasteiger partial charge >= 0.3 is 0 Å². The minimum Gasteiger partial charge on any atom is -0.316 e. The fraction of sp³-hybridized carbons (Fsp3) is 0.231. The summed E-state index contributed by atoms with van der Waals surface area (Å²) in [6.45, 7) is 2.48. The Kier molecular flexibility index (Phi) is 4.31. The molecule has 2 N–H and O–H groups in total. The van der Waals surface area contributed by atoms with Crippen molar-refractivity contribution in [3.63, 3.8) is 0 Å². The Morgan fingerprint density at radius 3 is 2.60 bits per heavy atom. The summed E-state index contributed by atoms with van der Waals surface area (Å²) in [7, 11) is -1.87. The van der Waals surface area contributed by atoms with E-state index in [0.29, 0.717) is 12.2 Å². The number of hydrogen-bond donors (Lipinski definition) is 2. The maximum atomic E-state index is 12.2. The number of rotatable bonds is 5. The molecule has 7 heteroatoms. The molecule has 0 saturated heterocycles. The van der Waals surface area contributed by atoms with Gasteiger partial charge in [0.05, 0.1) is 11.9 Å². The average Bonchev–Trinajstić information content (AvgIpc) is 2.39. The molecule has 0 unspecified atom stereocenters. The molecule has 0 aliphatic rings. The first-order valence-corrected chi connectivity index (χ1v) is 7.53. The number of anilines is 1. The first-order valence-electron chi connectivity index (χ1n) is 6.05. The fourth-order valence-corrected chi connectivity index (χ4v) is 2.66. The van der Waals surface area contributed by atoms with E-state index in [1.54, 1.807) is 24.5 Å². The van der Waals surface area contributed by atoms with Gasteiger partial charge in [0.1, 0.15) is 0 Å². The van der Waals surface area contributed by atoms with Crippen LogP contribution in [0.15, 0.2) is 41.8 Å². The number of sulfonamides is 1. The smallest absolute Gasteiger partial charge is 0.279 e. The van der Waals surface area contributed by atoms with Crippen molar-refractivity contribution in [2.24, 2.45) is 0 Å². The predicted octanol–water partition coefficient (Wildman–Crippen LogP) is 1.31. The highest BCUT2D eigenvalue weighted by Gasteiger charge is 2.15. The van der Waals surface area contributed by atoms with E-state index in [0.717, 1.165) is 11.1 Å². The monoisotopic (exact) mass is 292 g/mol. The SMILES string of the molecule is CNCc1ccc(S(=O)(=O)Nc2cncc(C)c2)nc1. The molecule has 20 heavy (non-hydrogen) atoms. The Labute approximate surface area is 118 Å². The van der Waals surface area contributed by atoms with Crippen LogP contribution in [0.25, 0.3) is 0 Å². The van der Waals surface area contributed by atoms with Crippen molar-refractivity contribution in [1.29, 1.82) is 0 Å². The van der Waals surface area contributed by atoms with Gasteiger partial charge in [-0.3, -0.25) is 9.71 Å². The fourth-order valence-electron chi connectivity index (χ4n) is 1.70. The molecule has 2 aromatic heterocycles. The van der Waals surface area contributed by atoms with Gasteiger partial charge in [-0.2, -0.15) is 8.42 Å². The lowest BCUT2D eigenvalue weighted by Crippen LogP contribution is -2.15. The highest BCUT2D eigenvalue weighted by molar-refractivity contribution is 7.92. The van der Waals surface area contributed by atoms with Crippen molar-refractivity contribution >= 4 is 15.7 Å². The highest BCUT2D eigenvalue weighted by Crippen LogP contribution is 2.14. The Bertz CT molecular complexity index is 684. The molecule has 2 aromatic rings. The topological polar surface area (TPSA) is 84.0 Å². The van der Waals surface area contributed by atoms with Gasteiger partial charge in [-0.25, -0.2) is 4.98 Å². The third-order valence-corrected chi connectivity index (χ3v) is 3.88. The number of aryl methyl sites for hydroxylation is 1. The van der Waals surface area contributed by atoms with Crippen LogP contribution < -0.4 is 10.0 Å². The van der Waals surface area contributed by atoms with E-state index < -0.39 is 10.0 Å². The van der Waals surface area contributed by atoms with E-state index in [1.807, 2.05) is 14.0 Å². The van der Waals surface area contributed by atoms with Crippen LogP contribution in [0.5, 0.6) is 0 Å². The summed E-state index contributed by atoms with van der Waals surface area (Å²) in [5, 5.41) is 2.96. The maximum Gasteiger partial charge on any atom is 0.279 e. The first-order chi connectivity index (χ1) is 9.51. The van der Waals surface area contributed by atoms with Gasteiger partial charge in [0, 0.05) is 18.9 Å². The van der Waals surface area contributed by atoms with Crippen LogP contribution in [0.3, 0.4) is 0 Å². The lowest BCUT2D eigenvalue weighted by atomic mass is 10.3. The molecule has 0 fully saturated rings. The van der Waals surface area contributed by atoms with Crippen LogP contribution in [-0.4, -0.2) is 25.4 Å². The Hall–Kier alpha value is -1.99. The molecule has 0 bridgehead atoms. The van der Waals surface area contributed by atoms with Gasteiger partial charge < -0.3 is 5.32 Å². The van der Waals surface area contributed by atoms with Crippen molar-refractivity contribution in [2.45, 2.75) is 18.5 Å². The number of hydrogen-bond acceptors (Lipinski definition) is 5. The van der Waals surface area contributed by atoms with Crippen LogP contribution >= 0.6 is 0 Å². The molecule has 0 spiro atoms. The van der Waals surface area contributed by atoms with Crippen LogP contribution in [0.1, 0.15) is 11.1 Å². The molecule has 2 heterocycles. The van der Waals surface area contributed by atoms with E-state index in [2.05, 4.69) is 20.0 Å². The Balaban J connectivity index is 2.21. The van der Waals surface area contributed by atoms with Crippen molar-refractivity contribution in [1.82, 2.24) is 15.3 Å². The maximum absolute atomic E-state index is 12.2. The summed E-state index contributed by atoms with van der Waals surface area (Å²) in [6.07, 6.45) is 4.65. The van der Waals surface area contributed by atoms with Crippen LogP contribution in [0.4, 0.5) is 5.69 Å². The molecular weight excluding hydrogens is 276 g/mol. The zero-order valence-corrected chi connectivity index (χ0v) is 12.1. The van der Waals surface area contributed by atoms with E-state index in [4.69, 9.17) is 0 Å². The van der Waals surface area contributed by atoms with Gasteiger partial charge in [0.25, 0.3) is 10.0 Å². The minimum atomic E-state index is -3.68. The molecule has 2 rings (SSSR count). The molecule has 106 valence electrons. The Morgan fingerprint density at radius 1 is 1.20 bits per heavy atom. The van der Waals surface area contributed by atoms with Crippen LogP contribution in [-0.2, 0) is 16.6 Å². The minimum absolute atomic E-state index is 0.0149. The predicted molar refractivity (Wildman–Crippen MR) is 76.8 cm³/mol. The number of pyridine rings is 2. The second-order valence-electron chi connectivity index (χ2n) is 4.39. The summed E-state index contributed by atoms with van der Waals surface area (Å²) in [5.74, 6) is 0. The molecule has 0 aliphatic carbocycles. The zero-order valence-electron chi connectivity index (χ0n) is 11.3. The van der Waals surface area contributed by atoms with Crippen molar-refractivity contribution in [2.75, 3.05) is 11.8 Å². The second-order valence-corrected chi connectivity index (χ2v) is 6.02. The quantitative estimate of drug-likeness (QED) is 0.868. The van der Waals surface area contributed by atoms with Crippen molar-refractivity contribution < 1.29 is 8.42 Å². The molecule has 0 aliphatic heterocycles. The second kappa shape index (κ2) is 5.98. The highest BCUT2D eigenvalue weighted by atomic mass is 32.2. The molecular formula is C13H16N4O2S. The summed E-state index contributed by atoms with van der Waals surface area (Å²) < 4.78 is 26.8. The van der Waals surface area contributed by atoms with E-state index in [1.165, 1.54) is 12.3 Å². The summed E-state index contributed by atoms with van der Waals surface area (Å²) in [6, 6.07) is 4.92. The molecule has 0 aromatic carbocycles. The van der Waals surface area contributed by atoms with E-state index >= 15 is 0 Å². The Morgan fingerprint density at radius 2 is 2.00 bits per heavy atom. The number of nitrogens with zero attached hydrogens (tertiary/aromatic N) is 2. The number of aromatic nitrogens is 2. The largest absolute Gasteiger partial charge is 0.316 e. The third kappa shape index (κ3) is 3.52. The van der Waals surface area contributed by atoms with Crippen molar-refractivity contribution in [3.8, 4) is 0 Å². The number of nitrogens with one attached hydrogen (secondary N) is 2. The molecule has 0 saturated carbocycles. The third-order valence-electron chi connectivity index (χ3n) is 2.58. The summed E-state index contributed by atoms with van der Waals surface area (Å²) in [5.41, 5.74) is 2.22. The van der Waals surface area contributed by atoms with Gasteiger partial charge in [0.15, 0.2) is 5.03 Å². The molecule has 6 nitrogen and oxygen atoms in total.